The Morgan fingerprint density at radius 3 is 2.45 bits per heavy atom. The Hall–Kier alpha value is -1.94. The molecule has 4 heteroatoms. The summed E-state index contributed by atoms with van der Waals surface area (Å²) in [6.45, 7) is 2.01. The van der Waals surface area contributed by atoms with Gasteiger partial charge in [-0.2, -0.15) is 0 Å². The Morgan fingerprint density at radius 1 is 1.10 bits per heavy atom. The maximum absolute atomic E-state index is 11.8. The van der Waals surface area contributed by atoms with Crippen molar-refractivity contribution in [2.24, 2.45) is 5.73 Å². The number of hydrogen-bond acceptors (Lipinski definition) is 2. The minimum atomic E-state index is -1.25. The van der Waals surface area contributed by atoms with Crippen LogP contribution in [0.2, 0.25) is 0 Å². The number of nitrogens with two attached hydrogens (primary N) is 1. The first kappa shape index (κ1) is 14.5. The lowest BCUT2D eigenvalue weighted by atomic mass is 9.97. The molecule has 2 N–H and O–H groups in total. The molecule has 0 heterocycles. The van der Waals surface area contributed by atoms with Crippen LogP contribution in [-0.4, -0.2) is 15.9 Å². The lowest BCUT2D eigenvalue weighted by Crippen LogP contribution is -2.20. The van der Waals surface area contributed by atoms with Gasteiger partial charge in [-0.05, 0) is 29.2 Å². The van der Waals surface area contributed by atoms with Crippen LogP contribution in [0.15, 0.2) is 48.5 Å². The van der Waals surface area contributed by atoms with Gasteiger partial charge < -0.3 is 5.73 Å². The molecule has 0 unspecified atom stereocenters. The molecule has 0 aliphatic heterocycles. The van der Waals surface area contributed by atoms with Crippen molar-refractivity contribution in [2.75, 3.05) is 5.75 Å². The quantitative estimate of drug-likeness (QED) is 0.918. The fourth-order valence-electron chi connectivity index (χ4n) is 2.15. The Labute approximate surface area is 121 Å². The van der Waals surface area contributed by atoms with Gasteiger partial charge in [-0.15, -0.1) is 0 Å². The molecule has 2 rings (SSSR count). The van der Waals surface area contributed by atoms with E-state index in [1.165, 1.54) is 0 Å². The highest BCUT2D eigenvalue weighted by atomic mass is 32.2. The first-order valence-corrected chi connectivity index (χ1v) is 7.84. The molecule has 0 saturated heterocycles. The van der Waals surface area contributed by atoms with Crippen molar-refractivity contribution in [3.05, 3.63) is 59.7 Å². The molecular weight excluding hydrogens is 270 g/mol. The van der Waals surface area contributed by atoms with E-state index in [0.717, 1.165) is 22.3 Å². The molecule has 2 aromatic rings. The average Bonchev–Trinajstić information content (AvgIpc) is 2.41. The van der Waals surface area contributed by atoms with Crippen LogP contribution in [0.4, 0.5) is 0 Å². The molecule has 20 heavy (non-hydrogen) atoms. The molecule has 3 nitrogen and oxygen atoms in total. The van der Waals surface area contributed by atoms with E-state index in [1.54, 1.807) is 0 Å². The van der Waals surface area contributed by atoms with E-state index in [2.05, 4.69) is 0 Å². The fraction of sp³-hybridized carbons (Fsp3) is 0.188. The van der Waals surface area contributed by atoms with Crippen molar-refractivity contribution in [3.63, 3.8) is 0 Å². The van der Waals surface area contributed by atoms with Crippen LogP contribution in [0.1, 0.15) is 11.1 Å². The zero-order chi connectivity index (χ0) is 14.5. The summed E-state index contributed by atoms with van der Waals surface area (Å²) < 4.78 is 11.8. The van der Waals surface area contributed by atoms with Crippen molar-refractivity contribution < 1.29 is 9.00 Å². The van der Waals surface area contributed by atoms with E-state index in [-0.39, 0.29) is 5.75 Å². The van der Waals surface area contributed by atoms with E-state index in [9.17, 15) is 9.00 Å². The first-order chi connectivity index (χ1) is 9.58. The maximum Gasteiger partial charge on any atom is 0.230 e. The zero-order valence-electron chi connectivity index (χ0n) is 11.3. The van der Waals surface area contributed by atoms with E-state index in [4.69, 9.17) is 5.73 Å². The van der Waals surface area contributed by atoms with E-state index < -0.39 is 16.7 Å². The average molecular weight is 287 g/mol. The van der Waals surface area contributed by atoms with Crippen LogP contribution < -0.4 is 5.73 Å². The summed E-state index contributed by atoms with van der Waals surface area (Å²) in [5.41, 5.74) is 9.42. The number of benzene rings is 2. The Bertz CT molecular complexity index is 638. The lowest BCUT2D eigenvalue weighted by Gasteiger charge is -2.11. The highest BCUT2D eigenvalue weighted by Gasteiger charge is 2.10. The molecule has 1 amide bonds. The van der Waals surface area contributed by atoms with E-state index in [1.807, 2.05) is 55.5 Å². The number of primary amides is 1. The first-order valence-electron chi connectivity index (χ1n) is 6.35. The molecular formula is C16H17NO2S. The Morgan fingerprint density at radius 2 is 1.80 bits per heavy atom. The molecule has 0 fully saturated rings. The number of rotatable bonds is 5. The summed E-state index contributed by atoms with van der Waals surface area (Å²) in [6.07, 6.45) is 0. The van der Waals surface area contributed by atoms with Crippen LogP contribution in [-0.2, 0) is 21.3 Å². The number of amides is 1. The van der Waals surface area contributed by atoms with Crippen LogP contribution >= 0.6 is 0 Å². The molecule has 1 atom stereocenters. The van der Waals surface area contributed by atoms with Gasteiger partial charge in [0.2, 0.25) is 5.91 Å². The highest BCUT2D eigenvalue weighted by Crippen LogP contribution is 2.26. The standard InChI is InChI=1S/C16H17NO2S/c1-12-14(10-20(19)11-16(17)18)8-5-9-15(12)13-6-3-2-4-7-13/h2-9H,10-11H2,1H3,(H2,17,18)/t20-/m0/s1. The zero-order valence-corrected chi connectivity index (χ0v) is 12.2. The molecule has 0 saturated carbocycles. The van der Waals surface area contributed by atoms with Crippen LogP contribution in [0.3, 0.4) is 0 Å². The van der Waals surface area contributed by atoms with Crippen molar-refractivity contribution >= 4 is 16.7 Å². The minimum absolute atomic E-state index is 0.0883. The molecule has 0 aliphatic rings. The van der Waals surface area contributed by atoms with Crippen molar-refractivity contribution in [2.45, 2.75) is 12.7 Å². The van der Waals surface area contributed by atoms with E-state index in [0.29, 0.717) is 5.75 Å². The Balaban J connectivity index is 2.29. The summed E-state index contributed by atoms with van der Waals surface area (Å²) in [6, 6.07) is 16.0. The highest BCUT2D eigenvalue weighted by molar-refractivity contribution is 7.84. The van der Waals surface area contributed by atoms with E-state index >= 15 is 0 Å². The van der Waals surface area contributed by atoms with Gasteiger partial charge in [0.05, 0.1) is 0 Å². The number of hydrogen-bond donors (Lipinski definition) is 1. The monoisotopic (exact) mass is 287 g/mol. The van der Waals surface area contributed by atoms with Crippen molar-refractivity contribution in [3.8, 4) is 11.1 Å². The molecule has 0 aromatic heterocycles. The third kappa shape index (κ3) is 3.54. The van der Waals surface area contributed by atoms with Gasteiger partial charge in [0.25, 0.3) is 0 Å². The normalized spacial score (nSPS) is 12.1. The summed E-state index contributed by atoms with van der Waals surface area (Å²) in [7, 11) is -1.25. The second-order valence-electron chi connectivity index (χ2n) is 4.65. The van der Waals surface area contributed by atoms with Crippen molar-refractivity contribution in [1.82, 2.24) is 0 Å². The topological polar surface area (TPSA) is 60.2 Å². The van der Waals surface area contributed by atoms with Gasteiger partial charge >= 0.3 is 0 Å². The van der Waals surface area contributed by atoms with Crippen LogP contribution in [0.5, 0.6) is 0 Å². The minimum Gasteiger partial charge on any atom is -0.369 e. The molecule has 0 radical (unpaired) electrons. The van der Waals surface area contributed by atoms with Gasteiger partial charge in [-0.3, -0.25) is 9.00 Å². The SMILES string of the molecule is Cc1c(C[S@](=O)CC(N)=O)cccc1-c1ccccc1. The predicted molar refractivity (Wildman–Crippen MR) is 82.5 cm³/mol. The summed E-state index contributed by atoms with van der Waals surface area (Å²) >= 11 is 0. The number of carbonyl (C=O) groups is 1. The summed E-state index contributed by atoms with van der Waals surface area (Å²) in [4.78, 5) is 10.8. The smallest absolute Gasteiger partial charge is 0.230 e. The van der Waals surface area contributed by atoms with Crippen LogP contribution in [0, 0.1) is 6.92 Å². The molecule has 2 aromatic carbocycles. The molecule has 104 valence electrons. The van der Waals surface area contributed by atoms with Gasteiger partial charge in [0.1, 0.15) is 5.75 Å². The third-order valence-corrected chi connectivity index (χ3v) is 4.39. The molecule has 0 bridgehead atoms. The third-order valence-electron chi connectivity index (χ3n) is 3.15. The van der Waals surface area contributed by atoms with Gasteiger partial charge in [0.15, 0.2) is 0 Å². The number of carbonyl (C=O) groups excluding carboxylic acids is 1. The van der Waals surface area contributed by atoms with Gasteiger partial charge in [-0.1, -0.05) is 48.5 Å². The summed E-state index contributed by atoms with van der Waals surface area (Å²) in [5, 5.41) is 0. The second-order valence-corrected chi connectivity index (χ2v) is 6.11. The maximum atomic E-state index is 11.8. The van der Waals surface area contributed by atoms with Gasteiger partial charge in [-0.25, -0.2) is 0 Å². The molecule has 0 spiro atoms. The van der Waals surface area contributed by atoms with Crippen LogP contribution in [0.25, 0.3) is 11.1 Å². The Kier molecular flexibility index (Phi) is 4.69. The largest absolute Gasteiger partial charge is 0.369 e. The van der Waals surface area contributed by atoms with Gasteiger partial charge in [0, 0.05) is 16.6 Å². The summed E-state index contributed by atoms with van der Waals surface area (Å²) in [5.74, 6) is -0.259. The van der Waals surface area contributed by atoms with Crippen molar-refractivity contribution in [1.29, 1.82) is 0 Å². The molecule has 0 aliphatic carbocycles. The lowest BCUT2D eigenvalue weighted by molar-refractivity contribution is -0.115. The second kappa shape index (κ2) is 6.48. The fourth-order valence-corrected chi connectivity index (χ4v) is 3.23. The predicted octanol–water partition coefficient (Wildman–Crippen LogP) is 2.40.